The number of ether oxygens (including phenoxy) is 2. The summed E-state index contributed by atoms with van der Waals surface area (Å²) in [6.45, 7) is 8.66. The summed E-state index contributed by atoms with van der Waals surface area (Å²) in [6.07, 6.45) is 3.99. The van der Waals surface area contributed by atoms with Gasteiger partial charge in [0.25, 0.3) is 0 Å². The van der Waals surface area contributed by atoms with Gasteiger partial charge in [-0.15, -0.1) is 6.58 Å². The number of benzene rings is 4. The van der Waals surface area contributed by atoms with Crippen LogP contribution in [0.5, 0.6) is 11.5 Å². The van der Waals surface area contributed by atoms with Crippen molar-refractivity contribution < 1.29 is 14.3 Å². The first-order chi connectivity index (χ1) is 18.5. The standard InChI is InChI=1S/C31H30BrN3O3/c1-4-8-26-17-23(19-33-35-31(36)34-27-13-14-28(32)21(3)15-27)18-29(37-5-2)30(26)38-20-22-11-12-24-9-6-7-10-25(24)16-22/h4,6-7,9-19H,1,5,8,20H2,2-3H3,(H2,34,35,36)/b33-19+. The van der Waals surface area contributed by atoms with Gasteiger partial charge in [-0.1, -0.05) is 58.4 Å². The molecule has 0 aromatic heterocycles. The molecular formula is C31H30BrN3O3. The SMILES string of the molecule is C=CCc1cc(/C=N/NC(=O)Nc2ccc(Br)c(C)c2)cc(OCC)c1OCc1ccc2ccccc2c1. The molecule has 38 heavy (non-hydrogen) atoms. The monoisotopic (exact) mass is 571 g/mol. The summed E-state index contributed by atoms with van der Waals surface area (Å²) in [6, 6.07) is 23.5. The number of nitrogens with one attached hydrogen (secondary N) is 2. The Balaban J connectivity index is 1.49. The number of nitrogens with zero attached hydrogens (tertiary/aromatic N) is 1. The molecule has 4 aromatic rings. The van der Waals surface area contributed by atoms with Gasteiger partial charge in [-0.3, -0.25) is 0 Å². The molecule has 7 heteroatoms. The Hall–Kier alpha value is -4.10. The molecule has 0 bridgehead atoms. The molecule has 194 valence electrons. The molecule has 0 heterocycles. The van der Waals surface area contributed by atoms with Crippen molar-refractivity contribution in [3.05, 3.63) is 112 Å². The van der Waals surface area contributed by atoms with Gasteiger partial charge in [0.15, 0.2) is 11.5 Å². The quantitative estimate of drug-likeness (QED) is 0.116. The zero-order valence-corrected chi connectivity index (χ0v) is 23.0. The number of amides is 2. The summed E-state index contributed by atoms with van der Waals surface area (Å²) in [5.74, 6) is 1.29. The van der Waals surface area contributed by atoms with Crippen LogP contribution in [0.2, 0.25) is 0 Å². The van der Waals surface area contributed by atoms with Crippen LogP contribution in [0.4, 0.5) is 10.5 Å². The molecule has 4 aromatic carbocycles. The molecule has 2 N–H and O–H groups in total. The van der Waals surface area contributed by atoms with E-state index in [0.29, 0.717) is 36.8 Å². The Kier molecular flexibility index (Phi) is 9.16. The fraction of sp³-hybridized carbons (Fsp3) is 0.161. The van der Waals surface area contributed by atoms with Crippen molar-refractivity contribution in [2.45, 2.75) is 26.9 Å². The minimum Gasteiger partial charge on any atom is -0.490 e. The van der Waals surface area contributed by atoms with Gasteiger partial charge in [0.05, 0.1) is 12.8 Å². The van der Waals surface area contributed by atoms with E-state index < -0.39 is 6.03 Å². The van der Waals surface area contributed by atoms with Crippen molar-refractivity contribution in [1.29, 1.82) is 0 Å². The van der Waals surface area contributed by atoms with Crippen molar-refractivity contribution in [2.75, 3.05) is 11.9 Å². The molecule has 2 amide bonds. The normalized spacial score (nSPS) is 10.9. The highest BCUT2D eigenvalue weighted by molar-refractivity contribution is 9.10. The Morgan fingerprint density at radius 3 is 2.61 bits per heavy atom. The van der Waals surface area contributed by atoms with E-state index in [-0.39, 0.29) is 0 Å². The molecule has 0 atom stereocenters. The first-order valence-corrected chi connectivity index (χ1v) is 13.1. The summed E-state index contributed by atoms with van der Waals surface area (Å²) < 4.78 is 13.2. The second kappa shape index (κ2) is 12.9. The van der Waals surface area contributed by atoms with Crippen LogP contribution >= 0.6 is 15.9 Å². The molecule has 0 radical (unpaired) electrons. The van der Waals surface area contributed by atoms with Gasteiger partial charge in [-0.2, -0.15) is 5.10 Å². The van der Waals surface area contributed by atoms with E-state index in [9.17, 15) is 4.79 Å². The minimum absolute atomic E-state index is 0.403. The fourth-order valence-electron chi connectivity index (χ4n) is 4.02. The Morgan fingerprint density at radius 2 is 1.84 bits per heavy atom. The van der Waals surface area contributed by atoms with Crippen LogP contribution in [0, 0.1) is 6.92 Å². The van der Waals surface area contributed by atoms with Crippen molar-refractivity contribution in [3.8, 4) is 11.5 Å². The molecule has 0 fully saturated rings. The van der Waals surface area contributed by atoms with Crippen LogP contribution in [-0.4, -0.2) is 18.9 Å². The van der Waals surface area contributed by atoms with E-state index in [1.54, 1.807) is 6.21 Å². The van der Waals surface area contributed by atoms with Gasteiger partial charge in [0.2, 0.25) is 0 Å². The number of fused-ring (bicyclic) bond motifs is 1. The number of urea groups is 1. The van der Waals surface area contributed by atoms with E-state index >= 15 is 0 Å². The van der Waals surface area contributed by atoms with Crippen LogP contribution in [-0.2, 0) is 13.0 Å². The number of anilines is 1. The average molecular weight is 573 g/mol. The molecule has 0 aliphatic carbocycles. The molecular weight excluding hydrogens is 542 g/mol. The maximum atomic E-state index is 12.3. The minimum atomic E-state index is -0.436. The first kappa shape index (κ1) is 26.9. The number of hydrogen-bond donors (Lipinski definition) is 2. The molecule has 0 saturated heterocycles. The van der Waals surface area contributed by atoms with E-state index in [1.165, 1.54) is 10.8 Å². The largest absolute Gasteiger partial charge is 0.490 e. The summed E-state index contributed by atoms with van der Waals surface area (Å²) in [5.41, 5.74) is 6.96. The number of hydrazone groups is 1. The number of aryl methyl sites for hydroxylation is 1. The van der Waals surface area contributed by atoms with E-state index in [2.05, 4.69) is 68.7 Å². The van der Waals surface area contributed by atoms with Gasteiger partial charge in [-0.05, 0) is 84.1 Å². The second-order valence-electron chi connectivity index (χ2n) is 8.69. The van der Waals surface area contributed by atoms with Crippen molar-refractivity contribution >= 4 is 44.6 Å². The molecule has 0 aliphatic heterocycles. The smallest absolute Gasteiger partial charge is 0.339 e. The lowest BCUT2D eigenvalue weighted by Gasteiger charge is -2.17. The third-order valence-corrected chi connectivity index (χ3v) is 6.70. The number of carbonyl (C=O) groups excluding carboxylic acids is 1. The number of halogens is 1. The van der Waals surface area contributed by atoms with Crippen LogP contribution in [0.15, 0.2) is 95.0 Å². The molecule has 6 nitrogen and oxygen atoms in total. The number of rotatable bonds is 10. The van der Waals surface area contributed by atoms with Crippen molar-refractivity contribution in [2.24, 2.45) is 5.10 Å². The van der Waals surface area contributed by atoms with E-state index in [0.717, 1.165) is 26.7 Å². The topological polar surface area (TPSA) is 72.0 Å². The van der Waals surface area contributed by atoms with Crippen molar-refractivity contribution in [1.82, 2.24) is 5.43 Å². The van der Waals surface area contributed by atoms with E-state index in [4.69, 9.17) is 9.47 Å². The van der Waals surface area contributed by atoms with Gasteiger partial charge in [-0.25, -0.2) is 10.2 Å². The third-order valence-electron chi connectivity index (χ3n) is 5.81. The lowest BCUT2D eigenvalue weighted by molar-refractivity contribution is 0.252. The van der Waals surface area contributed by atoms with Gasteiger partial charge < -0.3 is 14.8 Å². The summed E-state index contributed by atoms with van der Waals surface area (Å²) >= 11 is 3.46. The van der Waals surface area contributed by atoms with Gasteiger partial charge in [0.1, 0.15) is 6.61 Å². The average Bonchev–Trinajstić information content (AvgIpc) is 2.90. The Bertz CT molecular complexity index is 1480. The van der Waals surface area contributed by atoms with Gasteiger partial charge >= 0.3 is 6.03 Å². The van der Waals surface area contributed by atoms with Crippen LogP contribution < -0.4 is 20.2 Å². The van der Waals surface area contributed by atoms with Crippen molar-refractivity contribution in [3.63, 3.8) is 0 Å². The highest BCUT2D eigenvalue weighted by atomic mass is 79.9. The zero-order valence-electron chi connectivity index (χ0n) is 21.5. The highest BCUT2D eigenvalue weighted by Gasteiger charge is 2.14. The maximum absolute atomic E-state index is 12.3. The molecule has 4 rings (SSSR count). The summed E-state index contributed by atoms with van der Waals surface area (Å²) in [4.78, 5) is 12.3. The van der Waals surface area contributed by atoms with E-state index in [1.807, 2.05) is 62.4 Å². The second-order valence-corrected chi connectivity index (χ2v) is 9.55. The third kappa shape index (κ3) is 7.01. The van der Waals surface area contributed by atoms with Gasteiger partial charge in [0, 0.05) is 15.7 Å². The summed E-state index contributed by atoms with van der Waals surface area (Å²) in [5, 5.41) is 9.24. The first-order valence-electron chi connectivity index (χ1n) is 12.3. The molecule has 0 saturated carbocycles. The maximum Gasteiger partial charge on any atom is 0.339 e. The lowest BCUT2D eigenvalue weighted by Crippen LogP contribution is -2.24. The molecule has 0 aliphatic rings. The predicted octanol–water partition coefficient (Wildman–Crippen LogP) is 7.77. The van der Waals surface area contributed by atoms with Crippen LogP contribution in [0.3, 0.4) is 0 Å². The Labute approximate surface area is 231 Å². The number of hydrogen-bond acceptors (Lipinski definition) is 4. The number of carbonyl (C=O) groups is 1. The number of allylic oxidation sites excluding steroid dienone is 1. The summed E-state index contributed by atoms with van der Waals surface area (Å²) in [7, 11) is 0. The van der Waals surface area contributed by atoms with Crippen LogP contribution in [0.25, 0.3) is 10.8 Å². The zero-order chi connectivity index (χ0) is 26.9. The fourth-order valence-corrected chi connectivity index (χ4v) is 4.27. The lowest BCUT2D eigenvalue weighted by atomic mass is 10.1. The van der Waals surface area contributed by atoms with Crippen LogP contribution in [0.1, 0.15) is 29.2 Å². The molecule has 0 spiro atoms. The molecule has 0 unspecified atom stereocenters. The predicted molar refractivity (Wildman–Crippen MR) is 158 cm³/mol. The highest BCUT2D eigenvalue weighted by Crippen LogP contribution is 2.34. The Morgan fingerprint density at radius 1 is 1.03 bits per heavy atom.